The second-order valence-electron chi connectivity index (χ2n) is 3.60. The molecule has 0 saturated carbocycles. The summed E-state index contributed by atoms with van der Waals surface area (Å²) in [5.74, 6) is -0.243. The summed E-state index contributed by atoms with van der Waals surface area (Å²) in [7, 11) is 0. The van der Waals surface area contributed by atoms with Gasteiger partial charge in [0.1, 0.15) is 5.82 Å². The molecule has 0 atom stereocenters. The van der Waals surface area contributed by atoms with Crippen molar-refractivity contribution < 1.29 is 4.39 Å². The van der Waals surface area contributed by atoms with Crippen LogP contribution in [-0.4, -0.2) is 0 Å². The van der Waals surface area contributed by atoms with E-state index in [2.05, 4.69) is 0 Å². The molecule has 0 aliphatic rings. The molecule has 0 amide bonds. The van der Waals surface area contributed by atoms with E-state index in [-0.39, 0.29) is 5.82 Å². The third-order valence-electron chi connectivity index (χ3n) is 2.34. The van der Waals surface area contributed by atoms with Crippen LogP contribution in [0.5, 0.6) is 0 Å². The van der Waals surface area contributed by atoms with Crippen molar-refractivity contribution in [2.75, 3.05) is 5.73 Å². The van der Waals surface area contributed by atoms with E-state index in [1.54, 1.807) is 6.07 Å². The van der Waals surface area contributed by atoms with E-state index in [4.69, 9.17) is 5.73 Å². The van der Waals surface area contributed by atoms with Crippen molar-refractivity contribution in [1.82, 2.24) is 0 Å². The Labute approximate surface area is 88.4 Å². The monoisotopic (exact) mass is 201 g/mol. The number of rotatable bonds is 1. The molecule has 0 radical (unpaired) electrons. The fourth-order valence-corrected chi connectivity index (χ4v) is 1.60. The second-order valence-corrected chi connectivity index (χ2v) is 3.60. The van der Waals surface area contributed by atoms with Crippen LogP contribution in [0.4, 0.5) is 10.1 Å². The predicted molar refractivity (Wildman–Crippen MR) is 61.0 cm³/mol. The zero-order valence-electron chi connectivity index (χ0n) is 8.50. The van der Waals surface area contributed by atoms with Crippen molar-refractivity contribution in [3.8, 4) is 11.1 Å². The molecule has 0 heterocycles. The SMILES string of the molecule is Cc1ccc(-c2cccc(F)c2)c(N)c1. The Balaban J connectivity index is 2.54. The topological polar surface area (TPSA) is 26.0 Å². The van der Waals surface area contributed by atoms with Crippen LogP contribution < -0.4 is 5.73 Å². The summed E-state index contributed by atoms with van der Waals surface area (Å²) in [5.41, 5.74) is 9.35. The van der Waals surface area contributed by atoms with E-state index < -0.39 is 0 Å². The molecule has 0 spiro atoms. The Hall–Kier alpha value is -1.83. The summed E-state index contributed by atoms with van der Waals surface area (Å²) in [5, 5.41) is 0. The normalized spacial score (nSPS) is 10.3. The fourth-order valence-electron chi connectivity index (χ4n) is 1.60. The van der Waals surface area contributed by atoms with E-state index in [9.17, 15) is 4.39 Å². The van der Waals surface area contributed by atoms with Crippen molar-refractivity contribution in [3.63, 3.8) is 0 Å². The highest BCUT2D eigenvalue weighted by atomic mass is 19.1. The van der Waals surface area contributed by atoms with Crippen LogP contribution in [0.2, 0.25) is 0 Å². The molecular formula is C13H12FN. The van der Waals surface area contributed by atoms with Crippen LogP contribution in [0.3, 0.4) is 0 Å². The number of hydrogen-bond acceptors (Lipinski definition) is 1. The summed E-state index contributed by atoms with van der Waals surface area (Å²) in [6, 6.07) is 12.2. The average Bonchev–Trinajstić information content (AvgIpc) is 2.17. The van der Waals surface area contributed by atoms with Gasteiger partial charge >= 0.3 is 0 Å². The number of halogens is 1. The molecule has 15 heavy (non-hydrogen) atoms. The van der Waals surface area contributed by atoms with Crippen LogP contribution in [0.1, 0.15) is 5.56 Å². The van der Waals surface area contributed by atoms with Gasteiger partial charge in [-0.3, -0.25) is 0 Å². The van der Waals surface area contributed by atoms with Gasteiger partial charge in [0.05, 0.1) is 0 Å². The van der Waals surface area contributed by atoms with Crippen molar-refractivity contribution in [1.29, 1.82) is 0 Å². The number of nitrogen functional groups attached to an aromatic ring is 1. The standard InChI is InChI=1S/C13H12FN/c1-9-5-6-12(13(15)7-9)10-3-2-4-11(14)8-10/h2-8H,15H2,1H3. The van der Waals surface area contributed by atoms with Crippen LogP contribution in [0.15, 0.2) is 42.5 Å². The molecule has 1 nitrogen and oxygen atoms in total. The Kier molecular flexibility index (Phi) is 2.42. The molecule has 0 aliphatic heterocycles. The lowest BCUT2D eigenvalue weighted by atomic mass is 10.0. The number of nitrogens with two attached hydrogens (primary N) is 1. The minimum absolute atomic E-state index is 0.243. The molecule has 0 fully saturated rings. The van der Waals surface area contributed by atoms with Crippen molar-refractivity contribution in [3.05, 3.63) is 53.8 Å². The Morgan fingerprint density at radius 3 is 2.53 bits per heavy atom. The molecule has 0 bridgehead atoms. The maximum atomic E-state index is 13.0. The molecule has 76 valence electrons. The zero-order valence-corrected chi connectivity index (χ0v) is 8.50. The van der Waals surface area contributed by atoms with Gasteiger partial charge in [-0.25, -0.2) is 4.39 Å². The summed E-state index contributed by atoms with van der Waals surface area (Å²) >= 11 is 0. The van der Waals surface area contributed by atoms with Crippen molar-refractivity contribution >= 4 is 5.69 Å². The molecule has 0 saturated heterocycles. The minimum Gasteiger partial charge on any atom is -0.398 e. The lowest BCUT2D eigenvalue weighted by molar-refractivity contribution is 0.628. The van der Waals surface area contributed by atoms with Gasteiger partial charge in [-0.1, -0.05) is 24.3 Å². The molecule has 2 aromatic rings. The Morgan fingerprint density at radius 1 is 1.07 bits per heavy atom. The van der Waals surface area contributed by atoms with Crippen molar-refractivity contribution in [2.45, 2.75) is 6.92 Å². The highest BCUT2D eigenvalue weighted by molar-refractivity contribution is 5.76. The predicted octanol–water partition coefficient (Wildman–Crippen LogP) is 3.38. The molecule has 0 aromatic heterocycles. The van der Waals surface area contributed by atoms with E-state index in [1.165, 1.54) is 12.1 Å². The number of hydrogen-bond donors (Lipinski definition) is 1. The van der Waals surface area contributed by atoms with Crippen LogP contribution in [-0.2, 0) is 0 Å². The maximum Gasteiger partial charge on any atom is 0.123 e. The highest BCUT2D eigenvalue weighted by Crippen LogP contribution is 2.26. The van der Waals surface area contributed by atoms with Gasteiger partial charge in [0.2, 0.25) is 0 Å². The second kappa shape index (κ2) is 3.73. The van der Waals surface area contributed by atoms with E-state index in [1.807, 2.05) is 31.2 Å². The molecule has 0 unspecified atom stereocenters. The van der Waals surface area contributed by atoms with E-state index >= 15 is 0 Å². The summed E-state index contributed by atoms with van der Waals surface area (Å²) in [6.45, 7) is 1.98. The largest absolute Gasteiger partial charge is 0.398 e. The smallest absolute Gasteiger partial charge is 0.123 e. The van der Waals surface area contributed by atoms with Crippen molar-refractivity contribution in [2.24, 2.45) is 0 Å². The van der Waals surface area contributed by atoms with Crippen LogP contribution in [0, 0.1) is 12.7 Å². The van der Waals surface area contributed by atoms with Gasteiger partial charge in [0.15, 0.2) is 0 Å². The molecule has 2 heteroatoms. The van der Waals surface area contributed by atoms with Gasteiger partial charge in [-0.15, -0.1) is 0 Å². The maximum absolute atomic E-state index is 13.0. The molecule has 0 aliphatic carbocycles. The summed E-state index contributed by atoms with van der Waals surface area (Å²) in [6.07, 6.45) is 0. The number of anilines is 1. The third-order valence-corrected chi connectivity index (χ3v) is 2.34. The molecule has 2 rings (SSSR count). The van der Waals surface area contributed by atoms with Gasteiger partial charge in [0, 0.05) is 11.3 Å². The number of aryl methyl sites for hydroxylation is 1. The van der Waals surface area contributed by atoms with E-state index in [0.29, 0.717) is 5.69 Å². The highest BCUT2D eigenvalue weighted by Gasteiger charge is 2.03. The number of benzene rings is 2. The molecule has 2 N–H and O–H groups in total. The third kappa shape index (κ3) is 1.99. The van der Waals surface area contributed by atoms with Crippen LogP contribution in [0.25, 0.3) is 11.1 Å². The van der Waals surface area contributed by atoms with Gasteiger partial charge in [0.25, 0.3) is 0 Å². The quantitative estimate of drug-likeness (QED) is 0.703. The minimum atomic E-state index is -0.243. The van der Waals surface area contributed by atoms with Crippen LogP contribution >= 0.6 is 0 Å². The summed E-state index contributed by atoms with van der Waals surface area (Å²) in [4.78, 5) is 0. The van der Waals surface area contributed by atoms with E-state index in [0.717, 1.165) is 16.7 Å². The van der Waals surface area contributed by atoms with Gasteiger partial charge < -0.3 is 5.73 Å². The Morgan fingerprint density at radius 2 is 1.87 bits per heavy atom. The zero-order chi connectivity index (χ0) is 10.8. The van der Waals surface area contributed by atoms with Gasteiger partial charge in [-0.2, -0.15) is 0 Å². The first-order valence-corrected chi connectivity index (χ1v) is 4.79. The first-order valence-electron chi connectivity index (χ1n) is 4.79. The lowest BCUT2D eigenvalue weighted by Crippen LogP contribution is -1.91. The average molecular weight is 201 g/mol. The van der Waals surface area contributed by atoms with Gasteiger partial charge in [-0.05, 0) is 36.2 Å². The summed E-state index contributed by atoms with van der Waals surface area (Å²) < 4.78 is 13.0. The molecular weight excluding hydrogens is 189 g/mol. The molecule has 2 aromatic carbocycles. The first-order chi connectivity index (χ1) is 7.16. The first kappa shape index (κ1) is 9.71. The Bertz CT molecular complexity index is 492. The fraction of sp³-hybridized carbons (Fsp3) is 0.0769. The lowest BCUT2D eigenvalue weighted by Gasteiger charge is -2.06.